The van der Waals surface area contributed by atoms with Crippen LogP contribution in [0.4, 0.5) is 0 Å². The summed E-state index contributed by atoms with van der Waals surface area (Å²) in [5, 5.41) is 10.5. The summed E-state index contributed by atoms with van der Waals surface area (Å²) in [7, 11) is 0. The number of nitrogens with zero attached hydrogens (tertiary/aromatic N) is 1. The van der Waals surface area contributed by atoms with Crippen molar-refractivity contribution in [1.82, 2.24) is 4.90 Å². The highest BCUT2D eigenvalue weighted by atomic mass is 32.1. The van der Waals surface area contributed by atoms with Gasteiger partial charge in [0, 0.05) is 24.0 Å². The van der Waals surface area contributed by atoms with Crippen molar-refractivity contribution in [1.29, 1.82) is 0 Å². The van der Waals surface area contributed by atoms with Gasteiger partial charge < -0.3 is 10.0 Å². The summed E-state index contributed by atoms with van der Waals surface area (Å²) in [6.45, 7) is 4.15. The summed E-state index contributed by atoms with van der Waals surface area (Å²) >= 11 is 1.26. The Morgan fingerprint density at radius 3 is 2.62 bits per heavy atom. The van der Waals surface area contributed by atoms with Gasteiger partial charge in [0.25, 0.3) is 5.91 Å². The van der Waals surface area contributed by atoms with Gasteiger partial charge >= 0.3 is 0 Å². The van der Waals surface area contributed by atoms with Crippen LogP contribution in [0, 0.1) is 0 Å². The quantitative estimate of drug-likeness (QED) is 0.793. The summed E-state index contributed by atoms with van der Waals surface area (Å²) < 4.78 is 0. The van der Waals surface area contributed by atoms with E-state index >= 15 is 0 Å². The number of thiophene rings is 1. The molecule has 0 radical (unpaired) electrons. The highest BCUT2D eigenvalue weighted by Gasteiger charge is 2.16. The highest BCUT2D eigenvalue weighted by Crippen LogP contribution is 2.17. The topological polar surface area (TPSA) is 57.6 Å². The van der Waals surface area contributed by atoms with Crippen LogP contribution in [-0.2, 0) is 0 Å². The zero-order valence-electron chi connectivity index (χ0n) is 9.40. The minimum absolute atomic E-state index is 0.0412. The fraction of sp³-hybridized carbons (Fsp3) is 0.455. The van der Waals surface area contributed by atoms with Crippen LogP contribution in [0.2, 0.25) is 0 Å². The van der Waals surface area contributed by atoms with Crippen molar-refractivity contribution in [2.75, 3.05) is 19.7 Å². The maximum Gasteiger partial charge on any atom is 0.264 e. The van der Waals surface area contributed by atoms with Gasteiger partial charge in [0.1, 0.15) is 0 Å². The molecule has 88 valence electrons. The second kappa shape index (κ2) is 5.77. The number of Topliss-reactive ketones (excluding diaryl/α,β-unsaturated/α-hetero) is 1. The van der Waals surface area contributed by atoms with Crippen LogP contribution in [0.15, 0.2) is 11.4 Å². The van der Waals surface area contributed by atoms with Crippen LogP contribution in [0.3, 0.4) is 0 Å². The summed E-state index contributed by atoms with van der Waals surface area (Å²) in [6.07, 6.45) is 0. The van der Waals surface area contributed by atoms with Crippen LogP contribution in [-0.4, -0.2) is 41.4 Å². The Balaban J connectivity index is 2.82. The average molecular weight is 241 g/mol. The van der Waals surface area contributed by atoms with Crippen molar-refractivity contribution in [3.8, 4) is 0 Å². The number of amides is 1. The molecule has 5 heteroatoms. The molecule has 16 heavy (non-hydrogen) atoms. The highest BCUT2D eigenvalue weighted by molar-refractivity contribution is 7.12. The molecule has 0 fully saturated rings. The van der Waals surface area contributed by atoms with E-state index in [1.807, 2.05) is 6.92 Å². The molecule has 1 aromatic rings. The Labute approximate surface area is 98.5 Å². The maximum atomic E-state index is 11.9. The lowest BCUT2D eigenvalue weighted by atomic mass is 10.2. The molecule has 0 atom stereocenters. The van der Waals surface area contributed by atoms with E-state index in [0.717, 1.165) is 0 Å². The number of carbonyl (C=O) groups is 2. The molecule has 1 heterocycles. The lowest BCUT2D eigenvalue weighted by Crippen LogP contribution is -2.32. The number of rotatable bonds is 5. The van der Waals surface area contributed by atoms with Crippen LogP contribution in [0.25, 0.3) is 0 Å². The number of carbonyl (C=O) groups excluding carboxylic acids is 2. The van der Waals surface area contributed by atoms with Crippen molar-refractivity contribution in [2.45, 2.75) is 13.8 Å². The molecule has 1 N–H and O–H groups in total. The van der Waals surface area contributed by atoms with Crippen LogP contribution in [0.1, 0.15) is 33.9 Å². The third-order valence-electron chi connectivity index (χ3n) is 2.26. The average Bonchev–Trinajstić information content (AvgIpc) is 2.74. The lowest BCUT2D eigenvalue weighted by molar-refractivity contribution is 0.0737. The molecule has 0 aromatic carbocycles. The molecular formula is C11H15NO3S. The van der Waals surface area contributed by atoms with E-state index < -0.39 is 0 Å². The van der Waals surface area contributed by atoms with E-state index in [-0.39, 0.29) is 18.3 Å². The van der Waals surface area contributed by atoms with Crippen molar-refractivity contribution < 1.29 is 14.7 Å². The summed E-state index contributed by atoms with van der Waals surface area (Å²) in [6, 6.07) is 1.61. The van der Waals surface area contributed by atoms with Gasteiger partial charge in [0.05, 0.1) is 11.5 Å². The lowest BCUT2D eigenvalue weighted by Gasteiger charge is -2.18. The molecule has 0 unspecified atom stereocenters. The van der Waals surface area contributed by atoms with E-state index in [9.17, 15) is 9.59 Å². The number of likely N-dealkylation sites (N-methyl/N-ethyl adjacent to an activating group) is 1. The van der Waals surface area contributed by atoms with Crippen LogP contribution >= 0.6 is 11.3 Å². The summed E-state index contributed by atoms with van der Waals surface area (Å²) in [5.74, 6) is -0.172. The molecule has 0 aliphatic heterocycles. The summed E-state index contributed by atoms with van der Waals surface area (Å²) in [4.78, 5) is 25.1. The van der Waals surface area contributed by atoms with Gasteiger partial charge in [-0.25, -0.2) is 0 Å². The third-order valence-corrected chi connectivity index (χ3v) is 3.17. The smallest absolute Gasteiger partial charge is 0.264 e. The summed E-state index contributed by atoms with van der Waals surface area (Å²) in [5.41, 5.74) is 0.563. The standard InChI is InChI=1S/C11H15NO3S/c1-3-12(4-5-13)11(15)10-6-9(7-16-10)8(2)14/h6-7,13H,3-5H2,1-2H3. The number of ketones is 1. The molecule has 1 aromatic heterocycles. The van der Waals surface area contributed by atoms with E-state index in [2.05, 4.69) is 0 Å². The van der Waals surface area contributed by atoms with Crippen molar-refractivity contribution in [3.05, 3.63) is 21.9 Å². The van der Waals surface area contributed by atoms with Gasteiger partial charge in [-0.3, -0.25) is 9.59 Å². The van der Waals surface area contributed by atoms with Gasteiger partial charge in [-0.1, -0.05) is 0 Å². The Kier molecular flexibility index (Phi) is 4.64. The molecule has 0 aliphatic rings. The molecule has 0 bridgehead atoms. The van der Waals surface area contributed by atoms with E-state index in [0.29, 0.717) is 23.5 Å². The molecule has 1 amide bonds. The number of aliphatic hydroxyl groups is 1. The van der Waals surface area contributed by atoms with E-state index in [4.69, 9.17) is 5.11 Å². The Hall–Kier alpha value is -1.20. The van der Waals surface area contributed by atoms with Crippen molar-refractivity contribution >= 4 is 23.0 Å². The van der Waals surface area contributed by atoms with E-state index in [1.54, 1.807) is 16.3 Å². The van der Waals surface area contributed by atoms with Gasteiger partial charge in [-0.05, 0) is 19.9 Å². The molecule has 0 spiro atoms. The normalized spacial score (nSPS) is 10.2. The number of aliphatic hydroxyl groups excluding tert-OH is 1. The van der Waals surface area contributed by atoms with E-state index in [1.165, 1.54) is 18.3 Å². The zero-order valence-corrected chi connectivity index (χ0v) is 10.2. The monoisotopic (exact) mass is 241 g/mol. The second-order valence-corrected chi connectivity index (χ2v) is 4.28. The first-order chi connectivity index (χ1) is 7.60. The number of hydrogen-bond acceptors (Lipinski definition) is 4. The molecule has 0 saturated heterocycles. The predicted octanol–water partition coefficient (Wildman–Crippen LogP) is 1.41. The largest absolute Gasteiger partial charge is 0.395 e. The van der Waals surface area contributed by atoms with Crippen LogP contribution < -0.4 is 0 Å². The minimum Gasteiger partial charge on any atom is -0.395 e. The molecule has 1 rings (SSSR count). The SMILES string of the molecule is CCN(CCO)C(=O)c1cc(C(C)=O)cs1. The second-order valence-electron chi connectivity index (χ2n) is 3.36. The Bertz CT molecular complexity index is 386. The van der Waals surface area contributed by atoms with Gasteiger partial charge in [0.2, 0.25) is 0 Å². The molecular weight excluding hydrogens is 226 g/mol. The third kappa shape index (κ3) is 2.90. The predicted molar refractivity (Wildman–Crippen MR) is 63.0 cm³/mol. The first-order valence-electron chi connectivity index (χ1n) is 5.09. The fourth-order valence-electron chi connectivity index (χ4n) is 1.31. The first kappa shape index (κ1) is 12.9. The fourth-order valence-corrected chi connectivity index (χ4v) is 2.23. The zero-order chi connectivity index (χ0) is 12.1. The molecule has 4 nitrogen and oxygen atoms in total. The number of hydrogen-bond donors (Lipinski definition) is 1. The Morgan fingerprint density at radius 2 is 2.19 bits per heavy atom. The van der Waals surface area contributed by atoms with Gasteiger partial charge in [-0.15, -0.1) is 11.3 Å². The van der Waals surface area contributed by atoms with Gasteiger partial charge in [-0.2, -0.15) is 0 Å². The molecule has 0 aliphatic carbocycles. The van der Waals surface area contributed by atoms with Gasteiger partial charge in [0.15, 0.2) is 5.78 Å². The van der Waals surface area contributed by atoms with Crippen LogP contribution in [0.5, 0.6) is 0 Å². The minimum atomic E-state index is -0.131. The maximum absolute atomic E-state index is 11.9. The van der Waals surface area contributed by atoms with Crippen molar-refractivity contribution in [2.24, 2.45) is 0 Å². The van der Waals surface area contributed by atoms with Crippen molar-refractivity contribution in [3.63, 3.8) is 0 Å². The first-order valence-corrected chi connectivity index (χ1v) is 5.97. The molecule has 0 saturated carbocycles. The Morgan fingerprint density at radius 1 is 1.50 bits per heavy atom.